The number of aliphatic hydroxyl groups is 1. The zero-order valence-electron chi connectivity index (χ0n) is 14.9. The van der Waals surface area contributed by atoms with Crippen molar-refractivity contribution in [2.24, 2.45) is 0 Å². The Balaban J connectivity index is 1.61. The standard InChI is InChI=1S/C20H24N2O4/c1-16-6-4-7-17(12-16)26-15-20(25)9-5-11-22(14-20)19(24)13-21-10-3-2-8-18(21)23/h2-4,6-8,10,12,25H,5,9,11,13-15H2,1H3/t20-/m0/s1. The number of β-amino-alcohol motifs (C(OH)–C–C–N with tert-alkyl or cyclic N) is 1. The van der Waals surface area contributed by atoms with Gasteiger partial charge in [0.1, 0.15) is 24.5 Å². The van der Waals surface area contributed by atoms with Gasteiger partial charge in [0.25, 0.3) is 5.56 Å². The van der Waals surface area contributed by atoms with Gasteiger partial charge >= 0.3 is 0 Å². The number of likely N-dealkylation sites (tertiary alicyclic amines) is 1. The van der Waals surface area contributed by atoms with Crippen LogP contribution in [-0.4, -0.2) is 45.8 Å². The first-order valence-electron chi connectivity index (χ1n) is 8.80. The monoisotopic (exact) mass is 356 g/mol. The molecule has 1 aliphatic heterocycles. The van der Waals surface area contributed by atoms with Crippen LogP contribution in [0.3, 0.4) is 0 Å². The van der Waals surface area contributed by atoms with Crippen molar-refractivity contribution in [1.29, 1.82) is 0 Å². The summed E-state index contributed by atoms with van der Waals surface area (Å²) in [5.41, 5.74) is -0.210. The number of aryl methyl sites for hydroxylation is 1. The molecule has 138 valence electrons. The molecule has 6 heteroatoms. The summed E-state index contributed by atoms with van der Waals surface area (Å²) in [4.78, 5) is 25.9. The molecule has 0 spiro atoms. The van der Waals surface area contributed by atoms with E-state index in [2.05, 4.69) is 0 Å². The number of carbonyl (C=O) groups excluding carboxylic acids is 1. The van der Waals surface area contributed by atoms with Crippen LogP contribution in [0.5, 0.6) is 5.75 Å². The largest absolute Gasteiger partial charge is 0.491 e. The van der Waals surface area contributed by atoms with E-state index in [1.807, 2.05) is 31.2 Å². The Morgan fingerprint density at radius 1 is 1.27 bits per heavy atom. The highest BCUT2D eigenvalue weighted by molar-refractivity contribution is 5.76. The van der Waals surface area contributed by atoms with Crippen molar-refractivity contribution in [3.63, 3.8) is 0 Å². The molecule has 0 bridgehead atoms. The number of aromatic nitrogens is 1. The van der Waals surface area contributed by atoms with E-state index in [0.717, 1.165) is 5.56 Å². The number of hydrogen-bond donors (Lipinski definition) is 1. The number of piperidine rings is 1. The van der Waals surface area contributed by atoms with E-state index in [1.165, 1.54) is 10.6 Å². The van der Waals surface area contributed by atoms with Crippen LogP contribution in [0.2, 0.25) is 0 Å². The smallest absolute Gasteiger partial charge is 0.250 e. The topological polar surface area (TPSA) is 71.8 Å². The average Bonchev–Trinajstić information content (AvgIpc) is 2.62. The minimum absolute atomic E-state index is 0.0194. The molecule has 1 aromatic heterocycles. The molecule has 2 heterocycles. The number of rotatable bonds is 5. The number of ether oxygens (including phenoxy) is 1. The molecule has 1 saturated heterocycles. The molecule has 1 aliphatic rings. The van der Waals surface area contributed by atoms with Crippen LogP contribution < -0.4 is 10.3 Å². The van der Waals surface area contributed by atoms with Crippen LogP contribution in [0, 0.1) is 6.92 Å². The van der Waals surface area contributed by atoms with Crippen LogP contribution in [0.1, 0.15) is 18.4 Å². The molecule has 3 rings (SSSR count). The second-order valence-electron chi connectivity index (χ2n) is 6.92. The summed E-state index contributed by atoms with van der Waals surface area (Å²) in [6, 6.07) is 12.4. The van der Waals surface area contributed by atoms with Crippen molar-refractivity contribution in [2.75, 3.05) is 19.7 Å². The van der Waals surface area contributed by atoms with Crippen molar-refractivity contribution in [1.82, 2.24) is 9.47 Å². The summed E-state index contributed by atoms with van der Waals surface area (Å²) in [7, 11) is 0. The Morgan fingerprint density at radius 2 is 2.12 bits per heavy atom. The predicted molar refractivity (Wildman–Crippen MR) is 98.1 cm³/mol. The first kappa shape index (κ1) is 18.2. The van der Waals surface area contributed by atoms with Crippen LogP contribution in [0.15, 0.2) is 53.5 Å². The third-order valence-corrected chi connectivity index (χ3v) is 4.61. The van der Waals surface area contributed by atoms with E-state index in [9.17, 15) is 14.7 Å². The van der Waals surface area contributed by atoms with Gasteiger partial charge in [-0.15, -0.1) is 0 Å². The number of hydrogen-bond acceptors (Lipinski definition) is 4. The van der Waals surface area contributed by atoms with Gasteiger partial charge in [-0.05, 0) is 43.5 Å². The third-order valence-electron chi connectivity index (χ3n) is 4.61. The lowest BCUT2D eigenvalue weighted by Crippen LogP contribution is -2.54. The highest BCUT2D eigenvalue weighted by atomic mass is 16.5. The van der Waals surface area contributed by atoms with Crippen molar-refractivity contribution < 1.29 is 14.6 Å². The van der Waals surface area contributed by atoms with Gasteiger partial charge in [-0.1, -0.05) is 18.2 Å². The number of carbonyl (C=O) groups is 1. The Morgan fingerprint density at radius 3 is 2.88 bits per heavy atom. The van der Waals surface area contributed by atoms with Gasteiger partial charge in [0.15, 0.2) is 0 Å². The van der Waals surface area contributed by atoms with Crippen LogP contribution in [-0.2, 0) is 11.3 Å². The number of nitrogens with zero attached hydrogens (tertiary/aromatic N) is 2. The minimum atomic E-state index is -1.08. The van der Waals surface area contributed by atoms with Gasteiger partial charge in [0.2, 0.25) is 5.91 Å². The lowest BCUT2D eigenvalue weighted by Gasteiger charge is -2.39. The first-order chi connectivity index (χ1) is 12.5. The Hall–Kier alpha value is -2.60. The molecule has 1 N–H and O–H groups in total. The van der Waals surface area contributed by atoms with Crippen molar-refractivity contribution in [3.8, 4) is 5.75 Å². The number of pyridine rings is 1. The Labute approximate surface area is 152 Å². The van der Waals surface area contributed by atoms with Gasteiger partial charge in [0.05, 0.1) is 6.54 Å². The highest BCUT2D eigenvalue weighted by Crippen LogP contribution is 2.23. The fourth-order valence-corrected chi connectivity index (χ4v) is 3.20. The average molecular weight is 356 g/mol. The summed E-state index contributed by atoms with van der Waals surface area (Å²) in [5.74, 6) is 0.532. The van der Waals surface area contributed by atoms with Crippen LogP contribution in [0.4, 0.5) is 0 Å². The SMILES string of the molecule is Cc1cccc(OC[C@]2(O)CCCN(C(=O)Cn3ccccc3=O)C2)c1. The van der Waals surface area contributed by atoms with Gasteiger partial charge in [-0.25, -0.2) is 0 Å². The highest BCUT2D eigenvalue weighted by Gasteiger charge is 2.36. The third kappa shape index (κ3) is 4.52. The summed E-state index contributed by atoms with van der Waals surface area (Å²) < 4.78 is 7.13. The molecule has 1 amide bonds. The molecule has 0 unspecified atom stereocenters. The Kier molecular flexibility index (Phi) is 5.42. The zero-order chi connectivity index (χ0) is 18.6. The Bertz CT molecular complexity index is 832. The van der Waals surface area contributed by atoms with E-state index in [1.54, 1.807) is 23.2 Å². The molecule has 1 fully saturated rings. The minimum Gasteiger partial charge on any atom is -0.491 e. The second kappa shape index (κ2) is 7.74. The van der Waals surface area contributed by atoms with E-state index in [4.69, 9.17) is 4.74 Å². The molecule has 0 saturated carbocycles. The maximum Gasteiger partial charge on any atom is 0.250 e. The number of amides is 1. The second-order valence-corrected chi connectivity index (χ2v) is 6.92. The van der Waals surface area contributed by atoms with Crippen LogP contribution >= 0.6 is 0 Å². The zero-order valence-corrected chi connectivity index (χ0v) is 14.9. The lowest BCUT2D eigenvalue weighted by atomic mass is 9.93. The summed E-state index contributed by atoms with van der Waals surface area (Å²) >= 11 is 0. The fourth-order valence-electron chi connectivity index (χ4n) is 3.20. The summed E-state index contributed by atoms with van der Waals surface area (Å²) in [6.45, 7) is 2.88. The van der Waals surface area contributed by atoms with E-state index in [0.29, 0.717) is 25.1 Å². The number of benzene rings is 1. The molecular formula is C20H24N2O4. The van der Waals surface area contributed by atoms with Gasteiger partial charge in [-0.3, -0.25) is 9.59 Å². The van der Waals surface area contributed by atoms with E-state index >= 15 is 0 Å². The summed E-state index contributed by atoms with van der Waals surface area (Å²) in [6.07, 6.45) is 2.87. The molecule has 0 radical (unpaired) electrons. The van der Waals surface area contributed by atoms with Crippen LogP contribution in [0.25, 0.3) is 0 Å². The fraction of sp³-hybridized carbons (Fsp3) is 0.400. The maximum absolute atomic E-state index is 12.5. The van der Waals surface area contributed by atoms with Crippen molar-refractivity contribution in [2.45, 2.75) is 31.9 Å². The molecule has 1 atom stereocenters. The molecular weight excluding hydrogens is 332 g/mol. The first-order valence-corrected chi connectivity index (χ1v) is 8.80. The molecule has 2 aromatic rings. The van der Waals surface area contributed by atoms with Gasteiger partial charge in [0, 0.05) is 18.8 Å². The van der Waals surface area contributed by atoms with Crippen molar-refractivity contribution in [3.05, 3.63) is 64.6 Å². The molecule has 0 aliphatic carbocycles. The molecule has 26 heavy (non-hydrogen) atoms. The van der Waals surface area contributed by atoms with Gasteiger partial charge < -0.3 is 19.3 Å². The quantitative estimate of drug-likeness (QED) is 0.883. The molecule has 6 nitrogen and oxygen atoms in total. The van der Waals surface area contributed by atoms with E-state index in [-0.39, 0.29) is 31.2 Å². The van der Waals surface area contributed by atoms with Gasteiger partial charge in [-0.2, -0.15) is 0 Å². The summed E-state index contributed by atoms with van der Waals surface area (Å²) in [5, 5.41) is 10.9. The normalized spacial score (nSPS) is 20.0. The van der Waals surface area contributed by atoms with E-state index < -0.39 is 5.60 Å². The predicted octanol–water partition coefficient (Wildman–Crippen LogP) is 1.59. The maximum atomic E-state index is 12.5. The molecule has 1 aromatic carbocycles. The van der Waals surface area contributed by atoms with Crippen molar-refractivity contribution >= 4 is 5.91 Å². The lowest BCUT2D eigenvalue weighted by molar-refractivity contribution is -0.140.